The van der Waals surface area contributed by atoms with Gasteiger partial charge >= 0.3 is 0 Å². The fraction of sp³-hybridized carbons (Fsp3) is 0.235. The van der Waals surface area contributed by atoms with Crippen molar-refractivity contribution >= 4 is 16.1 Å². The smallest absolute Gasteiger partial charge is 0.123 e. The summed E-state index contributed by atoms with van der Waals surface area (Å²) < 4.78 is 24.9. The van der Waals surface area contributed by atoms with Crippen molar-refractivity contribution in [3.63, 3.8) is 0 Å². The molecule has 0 aliphatic rings. The zero-order chi connectivity index (χ0) is 27.4. The third-order valence-electron chi connectivity index (χ3n) is 5.99. The Balaban J connectivity index is 0.00000195. The van der Waals surface area contributed by atoms with Gasteiger partial charge in [0.15, 0.2) is 0 Å². The molecule has 0 bridgehead atoms. The van der Waals surface area contributed by atoms with Crippen LogP contribution in [0.2, 0.25) is 0 Å². The van der Waals surface area contributed by atoms with Crippen LogP contribution >= 0.6 is 10.0 Å². The molecule has 0 fully saturated rings. The number of halogens is 1. The van der Waals surface area contributed by atoms with Gasteiger partial charge in [-0.3, -0.25) is 0 Å². The van der Waals surface area contributed by atoms with Gasteiger partial charge in [0.1, 0.15) is 17.5 Å². The first-order valence-electron chi connectivity index (χ1n) is 13.0. The van der Waals surface area contributed by atoms with E-state index in [9.17, 15) is 4.39 Å². The molecule has 0 N–H and O–H groups in total. The Morgan fingerprint density at radius 3 is 1.71 bits per heavy atom. The first-order chi connectivity index (χ1) is 18.4. The molecule has 0 saturated carbocycles. The van der Waals surface area contributed by atoms with Crippen molar-refractivity contribution in [1.29, 1.82) is 0 Å². The number of benzene rings is 4. The number of ether oxygens (including phenoxy) is 2. The first-order valence-corrected chi connectivity index (χ1v) is 15.6. The first kappa shape index (κ1) is 29.2. The largest absolute Gasteiger partial charge is 0.484 e. The van der Waals surface area contributed by atoms with E-state index < -0.39 is 10.0 Å². The third-order valence-corrected chi connectivity index (χ3v) is 8.25. The Bertz CT molecular complexity index is 1260. The molecule has 0 spiro atoms. The van der Waals surface area contributed by atoms with Crippen LogP contribution in [0.3, 0.4) is 0 Å². The Labute approximate surface area is 229 Å². The van der Waals surface area contributed by atoms with Gasteiger partial charge in [-0.25, -0.2) is 4.39 Å². The van der Waals surface area contributed by atoms with Gasteiger partial charge in [0.25, 0.3) is 0 Å². The normalized spacial score (nSPS) is 11.6. The van der Waals surface area contributed by atoms with E-state index in [0.29, 0.717) is 19.2 Å². The highest BCUT2D eigenvalue weighted by molar-refractivity contribution is 8.32. The zero-order valence-corrected chi connectivity index (χ0v) is 23.9. The second kappa shape index (κ2) is 14.6. The Morgan fingerprint density at radius 1 is 0.684 bits per heavy atom. The summed E-state index contributed by atoms with van der Waals surface area (Å²) in [6.07, 6.45) is 8.73. The molecule has 0 heterocycles. The van der Waals surface area contributed by atoms with Gasteiger partial charge in [0.2, 0.25) is 0 Å². The summed E-state index contributed by atoms with van der Waals surface area (Å²) in [5.41, 5.74) is 5.69. The molecule has 4 aromatic carbocycles. The molecule has 0 saturated heterocycles. The Morgan fingerprint density at radius 2 is 1.18 bits per heavy atom. The number of hydrogen-bond acceptors (Lipinski definition) is 2. The third kappa shape index (κ3) is 8.61. The monoisotopic (exact) mass is 530 g/mol. The molecule has 0 radical (unpaired) electrons. The van der Waals surface area contributed by atoms with Crippen molar-refractivity contribution in [3.05, 3.63) is 126 Å². The molecule has 4 heteroatoms. The maximum absolute atomic E-state index is 13.0. The molecule has 4 rings (SSSR count). The van der Waals surface area contributed by atoms with E-state index in [1.165, 1.54) is 33.7 Å². The quantitative estimate of drug-likeness (QED) is 0.203. The van der Waals surface area contributed by atoms with Crippen LogP contribution in [-0.2, 0) is 18.0 Å². The second-order valence-corrected chi connectivity index (χ2v) is 13.0. The van der Waals surface area contributed by atoms with E-state index in [0.717, 1.165) is 16.9 Å². The molecule has 0 unspecified atom stereocenters. The lowest BCUT2D eigenvalue weighted by Gasteiger charge is -2.31. The summed E-state index contributed by atoms with van der Waals surface area (Å²) in [6.45, 7) is 6.99. The maximum atomic E-state index is 13.0. The van der Waals surface area contributed by atoms with E-state index in [4.69, 9.17) is 9.47 Å². The fourth-order valence-electron chi connectivity index (χ4n) is 3.83. The molecule has 0 aliphatic carbocycles. The van der Waals surface area contributed by atoms with Crippen LogP contribution < -0.4 is 4.74 Å². The number of allylic oxidation sites excluding steroid dienone is 1. The van der Waals surface area contributed by atoms with E-state index in [-0.39, 0.29) is 5.82 Å². The van der Waals surface area contributed by atoms with Crippen molar-refractivity contribution in [2.75, 3.05) is 18.5 Å². The highest BCUT2D eigenvalue weighted by Gasteiger charge is 2.16. The van der Waals surface area contributed by atoms with E-state index in [1.807, 2.05) is 45.0 Å². The van der Waals surface area contributed by atoms with Crippen LogP contribution in [0.15, 0.2) is 108 Å². The second-order valence-electron chi connectivity index (χ2n) is 9.21. The van der Waals surface area contributed by atoms with Gasteiger partial charge in [0, 0.05) is 0 Å². The fourth-order valence-corrected chi connectivity index (χ4v) is 5.27. The molecule has 0 amide bonds. The van der Waals surface area contributed by atoms with E-state index in [1.54, 1.807) is 12.1 Å². The molecule has 0 aromatic heterocycles. The highest BCUT2D eigenvalue weighted by Crippen LogP contribution is 2.49. The van der Waals surface area contributed by atoms with Crippen molar-refractivity contribution in [3.8, 4) is 16.9 Å². The topological polar surface area (TPSA) is 18.5 Å². The summed E-state index contributed by atoms with van der Waals surface area (Å²) in [5.74, 6) is 1.28. The summed E-state index contributed by atoms with van der Waals surface area (Å²) >= 11 is 0. The van der Waals surface area contributed by atoms with Gasteiger partial charge in [0.05, 0.1) is 13.2 Å². The molecule has 38 heavy (non-hydrogen) atoms. The zero-order valence-electron chi connectivity index (χ0n) is 23.1. The predicted octanol–water partition coefficient (Wildman–Crippen LogP) is 9.73. The summed E-state index contributed by atoms with van der Waals surface area (Å²) in [4.78, 5) is 1.32. The minimum atomic E-state index is -1.11. The summed E-state index contributed by atoms with van der Waals surface area (Å²) in [6, 6.07) is 31.9. The van der Waals surface area contributed by atoms with Crippen molar-refractivity contribution in [2.24, 2.45) is 0 Å². The Hall–Kier alpha value is -3.34. The molecule has 2 nitrogen and oxygen atoms in total. The molecule has 200 valence electrons. The van der Waals surface area contributed by atoms with Crippen LogP contribution in [0.25, 0.3) is 17.2 Å². The van der Waals surface area contributed by atoms with Crippen molar-refractivity contribution in [2.45, 2.75) is 38.9 Å². The van der Waals surface area contributed by atoms with Crippen LogP contribution in [0.4, 0.5) is 4.39 Å². The lowest BCUT2D eigenvalue weighted by molar-refractivity contribution is 0.107. The summed E-state index contributed by atoms with van der Waals surface area (Å²) in [5, 5.41) is 0. The maximum Gasteiger partial charge on any atom is 0.123 e. The van der Waals surface area contributed by atoms with Crippen molar-refractivity contribution in [1.82, 2.24) is 0 Å². The van der Waals surface area contributed by atoms with Crippen molar-refractivity contribution < 1.29 is 13.9 Å². The van der Waals surface area contributed by atoms with E-state index >= 15 is 0 Å². The van der Waals surface area contributed by atoms with Gasteiger partial charge in [-0.1, -0.05) is 86.7 Å². The SMILES string of the molecule is C/C=C/c1ccc(-c2ccc(S(C)(C)COc3ccc(COCc4ccc(F)cc4)cc3)cc2)cc1.CC. The van der Waals surface area contributed by atoms with Crippen LogP contribution in [0, 0.1) is 5.82 Å². The molecular formula is C34H39FO2S. The minimum absolute atomic E-state index is 0.234. The molecule has 4 aromatic rings. The standard InChI is InChI=1S/C32H33FO2S.C2H6/c1-4-5-25-6-12-28(13-7-25)29-14-20-32(21-15-29)36(2,3)24-35-31-18-10-27(11-19-31)23-34-22-26-8-16-30(33)17-9-26;1-2/h4-21H,22-24H2,1-3H3;1-2H3/b5-4+;. The average molecular weight is 531 g/mol. The minimum Gasteiger partial charge on any atom is -0.484 e. The van der Waals surface area contributed by atoms with Gasteiger partial charge < -0.3 is 9.47 Å². The molecule has 0 atom stereocenters. The number of rotatable bonds is 10. The lowest BCUT2D eigenvalue weighted by Crippen LogP contribution is -2.08. The molecule has 0 aliphatic heterocycles. The predicted molar refractivity (Wildman–Crippen MR) is 162 cm³/mol. The lowest BCUT2D eigenvalue weighted by atomic mass is 10.0. The average Bonchev–Trinajstić information content (AvgIpc) is 2.95. The van der Waals surface area contributed by atoms with E-state index in [2.05, 4.69) is 73.2 Å². The van der Waals surface area contributed by atoms with Gasteiger partial charge in [-0.15, -0.1) is 0 Å². The highest BCUT2D eigenvalue weighted by atomic mass is 32.3. The van der Waals surface area contributed by atoms with Crippen LogP contribution in [0.5, 0.6) is 5.75 Å². The Kier molecular flexibility index (Phi) is 11.2. The van der Waals surface area contributed by atoms with Gasteiger partial charge in [-0.2, -0.15) is 10.0 Å². The van der Waals surface area contributed by atoms with Gasteiger partial charge in [-0.05, 0) is 88.5 Å². The van der Waals surface area contributed by atoms with Crippen LogP contribution in [-0.4, -0.2) is 18.5 Å². The van der Waals surface area contributed by atoms with Crippen LogP contribution in [0.1, 0.15) is 37.5 Å². The summed E-state index contributed by atoms with van der Waals surface area (Å²) in [7, 11) is -1.11. The molecular weight excluding hydrogens is 491 g/mol. The number of hydrogen-bond donors (Lipinski definition) is 0.